The van der Waals surface area contributed by atoms with Crippen LogP contribution in [-0.2, 0) is 19.1 Å². The summed E-state index contributed by atoms with van der Waals surface area (Å²) in [4.78, 5) is 42.8. The highest BCUT2D eigenvalue weighted by atomic mass is 16.5. The van der Waals surface area contributed by atoms with Gasteiger partial charge in [0.05, 0.1) is 31.1 Å². The molecule has 0 unspecified atom stereocenters. The van der Waals surface area contributed by atoms with E-state index in [1.807, 2.05) is 42.5 Å². The summed E-state index contributed by atoms with van der Waals surface area (Å²) in [5, 5.41) is 13.7. The molecule has 7 nitrogen and oxygen atoms in total. The third-order valence-electron chi connectivity index (χ3n) is 8.14. The molecule has 0 bridgehead atoms. The Morgan fingerprint density at radius 1 is 1.11 bits per heavy atom. The number of aliphatic hydroxyl groups excluding tert-OH is 1. The second kappa shape index (κ2) is 12.0. The summed E-state index contributed by atoms with van der Waals surface area (Å²) >= 11 is 0. The molecule has 7 heteroatoms. The molecule has 1 aromatic rings. The first-order chi connectivity index (χ1) is 17.5. The number of esters is 1. The summed E-state index contributed by atoms with van der Waals surface area (Å²) in [6.07, 6.45) is 10.8. The van der Waals surface area contributed by atoms with Crippen molar-refractivity contribution in [2.75, 3.05) is 13.2 Å². The van der Waals surface area contributed by atoms with Crippen LogP contribution in [0.3, 0.4) is 0 Å². The number of likely N-dealkylation sites (tertiary alicyclic amines) is 1. The molecule has 1 aromatic carbocycles. The van der Waals surface area contributed by atoms with Crippen molar-refractivity contribution in [3.63, 3.8) is 0 Å². The van der Waals surface area contributed by atoms with Gasteiger partial charge in [-0.1, -0.05) is 75.1 Å². The van der Waals surface area contributed by atoms with Crippen molar-refractivity contribution in [2.45, 2.75) is 76.9 Å². The van der Waals surface area contributed by atoms with E-state index in [0.29, 0.717) is 0 Å². The number of aliphatic hydroxyl groups is 1. The van der Waals surface area contributed by atoms with E-state index >= 15 is 0 Å². The Morgan fingerprint density at radius 2 is 1.83 bits per heavy atom. The lowest BCUT2D eigenvalue weighted by atomic mass is 9.68. The minimum Gasteiger partial charge on any atom is -0.466 e. The van der Waals surface area contributed by atoms with Gasteiger partial charge < -0.3 is 20.1 Å². The fourth-order valence-corrected chi connectivity index (χ4v) is 6.51. The van der Waals surface area contributed by atoms with Crippen LogP contribution in [-0.4, -0.2) is 53.1 Å². The molecule has 2 aliphatic carbocycles. The van der Waals surface area contributed by atoms with Gasteiger partial charge in [0.1, 0.15) is 6.04 Å². The van der Waals surface area contributed by atoms with Crippen LogP contribution in [0, 0.1) is 23.7 Å². The lowest BCUT2D eigenvalue weighted by molar-refractivity contribution is -0.156. The van der Waals surface area contributed by atoms with Crippen molar-refractivity contribution < 1.29 is 24.2 Å². The summed E-state index contributed by atoms with van der Waals surface area (Å²) in [5.74, 6) is -2.74. The smallest absolute Gasteiger partial charge is 0.310 e. The van der Waals surface area contributed by atoms with Gasteiger partial charge in [-0.15, -0.1) is 0 Å². The molecule has 0 radical (unpaired) electrons. The van der Waals surface area contributed by atoms with Crippen LogP contribution in [0.5, 0.6) is 0 Å². The number of fused-ring (bicyclic) bond motifs is 1. The number of hydrogen-bond donors (Lipinski definition) is 2. The summed E-state index contributed by atoms with van der Waals surface area (Å²) in [6.45, 7) is 3.75. The lowest BCUT2D eigenvalue weighted by Gasteiger charge is -2.35. The molecule has 196 valence electrons. The zero-order chi connectivity index (χ0) is 25.7. The van der Waals surface area contributed by atoms with Crippen molar-refractivity contribution in [1.82, 2.24) is 10.2 Å². The Kier molecular flexibility index (Phi) is 8.83. The van der Waals surface area contributed by atoms with Crippen LogP contribution in [0.25, 0.3) is 0 Å². The maximum atomic E-state index is 14.2. The van der Waals surface area contributed by atoms with Gasteiger partial charge in [0.25, 0.3) is 0 Å². The number of ether oxygens (including phenoxy) is 1. The first-order valence-electron chi connectivity index (χ1n) is 13.6. The summed E-state index contributed by atoms with van der Waals surface area (Å²) < 4.78 is 5.44. The predicted octanol–water partition coefficient (Wildman–Crippen LogP) is 3.78. The molecule has 1 saturated carbocycles. The molecule has 1 aliphatic heterocycles. The molecule has 36 heavy (non-hydrogen) atoms. The van der Waals surface area contributed by atoms with E-state index in [2.05, 4.69) is 12.2 Å². The second-order valence-electron chi connectivity index (χ2n) is 10.4. The van der Waals surface area contributed by atoms with Crippen LogP contribution < -0.4 is 5.32 Å². The zero-order valence-electron chi connectivity index (χ0n) is 21.5. The Hall–Kier alpha value is -2.67. The Bertz CT molecular complexity index is 942. The molecule has 0 spiro atoms. The van der Waals surface area contributed by atoms with Crippen molar-refractivity contribution in [2.24, 2.45) is 23.7 Å². The van der Waals surface area contributed by atoms with E-state index in [9.17, 15) is 19.5 Å². The van der Waals surface area contributed by atoms with Gasteiger partial charge in [-0.2, -0.15) is 0 Å². The second-order valence-corrected chi connectivity index (χ2v) is 10.4. The molecule has 1 heterocycles. The van der Waals surface area contributed by atoms with Gasteiger partial charge in [-0.25, -0.2) is 0 Å². The fraction of sp³-hybridized carbons (Fsp3) is 0.621. The molecule has 2 amide bonds. The average Bonchev–Trinajstić information content (AvgIpc) is 3.18. The van der Waals surface area contributed by atoms with Gasteiger partial charge in [0, 0.05) is 12.0 Å². The largest absolute Gasteiger partial charge is 0.466 e. The molecule has 0 aromatic heterocycles. The van der Waals surface area contributed by atoms with Gasteiger partial charge in [0.2, 0.25) is 11.8 Å². The van der Waals surface area contributed by atoms with Crippen molar-refractivity contribution in [3.05, 3.63) is 48.0 Å². The monoisotopic (exact) mass is 496 g/mol. The lowest BCUT2D eigenvalue weighted by Crippen LogP contribution is -2.51. The number of amides is 2. The highest BCUT2D eigenvalue weighted by molar-refractivity contribution is 5.96. The van der Waals surface area contributed by atoms with Crippen LogP contribution in [0.4, 0.5) is 0 Å². The van der Waals surface area contributed by atoms with E-state index in [4.69, 9.17) is 4.74 Å². The summed E-state index contributed by atoms with van der Waals surface area (Å²) in [6, 6.07) is 7.96. The number of carbonyl (C=O) groups excluding carboxylic acids is 3. The minimum absolute atomic E-state index is 0.0906. The van der Waals surface area contributed by atoms with Gasteiger partial charge >= 0.3 is 5.97 Å². The molecule has 1 saturated heterocycles. The van der Waals surface area contributed by atoms with E-state index in [0.717, 1.165) is 44.1 Å². The van der Waals surface area contributed by atoms with E-state index in [1.54, 1.807) is 11.8 Å². The average molecular weight is 497 g/mol. The predicted molar refractivity (Wildman–Crippen MR) is 137 cm³/mol. The SMILES string of the molecule is CCC[C@@H]1C=C[C@H]2[C@@H](C(=O)N([C@H](CO)c3ccccc3)[C@@H]2C(=O)NC2CCCCC2)[C@@H]1C(=O)OCC. The van der Waals surface area contributed by atoms with E-state index in [-0.39, 0.29) is 43.0 Å². The van der Waals surface area contributed by atoms with Crippen molar-refractivity contribution in [3.8, 4) is 0 Å². The number of nitrogens with zero attached hydrogens (tertiary/aromatic N) is 1. The zero-order valence-corrected chi connectivity index (χ0v) is 21.5. The molecule has 3 aliphatic rings. The highest BCUT2D eigenvalue weighted by Gasteiger charge is 2.59. The molecule has 2 fully saturated rings. The topological polar surface area (TPSA) is 95.9 Å². The first kappa shape index (κ1) is 26.4. The Labute approximate surface area is 214 Å². The Balaban J connectivity index is 1.74. The van der Waals surface area contributed by atoms with E-state index < -0.39 is 29.8 Å². The number of rotatable bonds is 9. The molecule has 6 atom stereocenters. The third-order valence-corrected chi connectivity index (χ3v) is 8.14. The Morgan fingerprint density at radius 3 is 2.47 bits per heavy atom. The maximum Gasteiger partial charge on any atom is 0.310 e. The van der Waals surface area contributed by atoms with Gasteiger partial charge in [0.15, 0.2) is 0 Å². The van der Waals surface area contributed by atoms with Gasteiger partial charge in [-0.3, -0.25) is 14.4 Å². The number of nitrogens with one attached hydrogen (secondary N) is 1. The van der Waals surface area contributed by atoms with Crippen LogP contribution in [0.1, 0.15) is 70.4 Å². The maximum absolute atomic E-state index is 14.2. The first-order valence-corrected chi connectivity index (χ1v) is 13.6. The number of benzene rings is 1. The number of allylic oxidation sites excluding steroid dienone is 1. The van der Waals surface area contributed by atoms with Crippen LogP contribution in [0.2, 0.25) is 0 Å². The quantitative estimate of drug-likeness (QED) is 0.401. The van der Waals surface area contributed by atoms with Crippen molar-refractivity contribution in [1.29, 1.82) is 0 Å². The summed E-state index contributed by atoms with van der Waals surface area (Å²) in [5.41, 5.74) is 0.768. The summed E-state index contributed by atoms with van der Waals surface area (Å²) in [7, 11) is 0. The molecular formula is C29H40N2O5. The van der Waals surface area contributed by atoms with Crippen LogP contribution in [0.15, 0.2) is 42.5 Å². The minimum atomic E-state index is -0.794. The molecule has 2 N–H and O–H groups in total. The molecule has 4 rings (SSSR count). The highest BCUT2D eigenvalue weighted by Crippen LogP contribution is 2.48. The standard InChI is InChI=1S/C29H40N2O5/c1-3-11-20-16-17-22-25(24(20)29(35)36-4-2)28(34)31(23(18-32)19-12-7-5-8-13-19)26(22)27(33)30-21-14-9-6-10-15-21/h5,7-8,12-13,16-17,20-26,32H,3-4,6,9-11,14-15,18H2,1-2H3,(H,30,33)/t20-,22+,23-,24-,25-,26+/m1/s1. The van der Waals surface area contributed by atoms with Crippen LogP contribution >= 0.6 is 0 Å². The van der Waals surface area contributed by atoms with Gasteiger partial charge in [-0.05, 0) is 37.7 Å². The third kappa shape index (κ3) is 5.22. The molecular weight excluding hydrogens is 456 g/mol. The van der Waals surface area contributed by atoms with E-state index in [1.165, 1.54) is 6.42 Å². The number of carbonyl (C=O) groups is 3. The normalized spacial score (nSPS) is 29.0. The number of hydrogen-bond acceptors (Lipinski definition) is 5. The van der Waals surface area contributed by atoms with Crippen molar-refractivity contribution >= 4 is 17.8 Å². The fourth-order valence-electron chi connectivity index (χ4n) is 6.51.